The number of piperazine rings is 1. The van der Waals surface area contributed by atoms with Crippen LogP contribution in [0.3, 0.4) is 0 Å². The molecule has 7 nitrogen and oxygen atoms in total. The third-order valence-electron chi connectivity index (χ3n) is 3.11. The normalized spacial score (nSPS) is 17.2. The van der Waals surface area contributed by atoms with E-state index in [1.54, 1.807) is 12.1 Å². The number of nitrogens with one attached hydrogen (secondary N) is 1. The molecule has 0 spiro atoms. The molecule has 1 fully saturated rings. The molecule has 2 rings (SSSR count). The summed E-state index contributed by atoms with van der Waals surface area (Å²) in [6.07, 6.45) is 1.67. The van der Waals surface area contributed by atoms with Gasteiger partial charge in [0.1, 0.15) is 5.76 Å². The molecule has 1 aliphatic heterocycles. The van der Waals surface area contributed by atoms with Crippen LogP contribution in [0.5, 0.6) is 0 Å². The Hall–Kier alpha value is -1.40. The topological polar surface area (TPSA) is 89.6 Å². The van der Waals surface area contributed by atoms with E-state index < -0.39 is 10.2 Å². The molecular weight excluding hydrogens is 280 g/mol. The van der Waals surface area contributed by atoms with Gasteiger partial charge >= 0.3 is 0 Å². The largest absolute Gasteiger partial charge is 0.468 e. The summed E-state index contributed by atoms with van der Waals surface area (Å²) in [6.45, 7) is 2.51. The molecule has 110 valence electrons. The summed E-state index contributed by atoms with van der Waals surface area (Å²) in [6, 6.07) is 5.43. The predicted molar refractivity (Wildman–Crippen MR) is 72.7 cm³/mol. The van der Waals surface area contributed by atoms with E-state index in [1.165, 1.54) is 14.9 Å². The summed E-state index contributed by atoms with van der Waals surface area (Å²) in [5.41, 5.74) is 0. The Kier molecular flexibility index (Phi) is 5.14. The van der Waals surface area contributed by atoms with Gasteiger partial charge in [0, 0.05) is 39.1 Å². The monoisotopic (exact) mass is 298 g/mol. The second-order valence-corrected chi connectivity index (χ2v) is 6.41. The summed E-state index contributed by atoms with van der Waals surface area (Å²) < 4.78 is 33.1. The molecule has 1 aromatic rings. The van der Waals surface area contributed by atoms with Crippen molar-refractivity contribution in [1.29, 1.82) is 5.26 Å². The standard InChI is InChI=1S/C12H18N4O3S/c13-4-2-7-16(11-12-3-1-10-19-12)20(17,18)15-8-5-14-6-9-15/h1,3,10,14H,2,5-9,11H2. The first-order valence-corrected chi connectivity index (χ1v) is 7.89. The lowest BCUT2D eigenvalue weighted by Crippen LogP contribution is -2.51. The van der Waals surface area contributed by atoms with Crippen molar-refractivity contribution in [3.63, 3.8) is 0 Å². The van der Waals surface area contributed by atoms with Gasteiger partial charge in [-0.05, 0) is 12.1 Å². The first-order chi connectivity index (χ1) is 9.64. The van der Waals surface area contributed by atoms with E-state index in [-0.39, 0.29) is 19.5 Å². The van der Waals surface area contributed by atoms with Crippen molar-refractivity contribution in [2.45, 2.75) is 13.0 Å². The van der Waals surface area contributed by atoms with E-state index >= 15 is 0 Å². The van der Waals surface area contributed by atoms with Crippen molar-refractivity contribution in [3.05, 3.63) is 24.2 Å². The Labute approximate surface area is 118 Å². The minimum Gasteiger partial charge on any atom is -0.468 e. The van der Waals surface area contributed by atoms with E-state index in [1.807, 2.05) is 6.07 Å². The maximum Gasteiger partial charge on any atom is 0.282 e. The fraction of sp³-hybridized carbons (Fsp3) is 0.583. The Morgan fingerprint density at radius 2 is 2.20 bits per heavy atom. The minimum atomic E-state index is -3.56. The maximum atomic E-state index is 12.6. The lowest BCUT2D eigenvalue weighted by Gasteiger charge is -2.31. The molecule has 0 aliphatic carbocycles. The van der Waals surface area contributed by atoms with Crippen molar-refractivity contribution in [2.75, 3.05) is 32.7 Å². The molecule has 0 saturated carbocycles. The highest BCUT2D eigenvalue weighted by Crippen LogP contribution is 2.15. The molecule has 2 heterocycles. The average Bonchev–Trinajstić information content (AvgIpc) is 2.97. The van der Waals surface area contributed by atoms with Gasteiger partial charge in [-0.25, -0.2) is 0 Å². The minimum absolute atomic E-state index is 0.154. The van der Waals surface area contributed by atoms with Crippen LogP contribution in [0.25, 0.3) is 0 Å². The average molecular weight is 298 g/mol. The van der Waals surface area contributed by atoms with Gasteiger partial charge < -0.3 is 9.73 Å². The molecule has 0 radical (unpaired) electrons. The molecule has 0 aromatic carbocycles. The summed E-state index contributed by atoms with van der Waals surface area (Å²) in [4.78, 5) is 0. The smallest absolute Gasteiger partial charge is 0.282 e. The third kappa shape index (κ3) is 3.58. The van der Waals surface area contributed by atoms with Crippen LogP contribution in [-0.2, 0) is 16.8 Å². The molecule has 0 unspecified atom stereocenters. The molecule has 8 heteroatoms. The number of hydrogen-bond donors (Lipinski definition) is 1. The molecule has 1 aliphatic rings. The Morgan fingerprint density at radius 1 is 1.45 bits per heavy atom. The summed E-state index contributed by atoms with van der Waals surface area (Å²) in [7, 11) is -3.56. The van der Waals surface area contributed by atoms with Gasteiger partial charge in [-0.1, -0.05) is 0 Å². The van der Waals surface area contributed by atoms with Crippen LogP contribution in [0, 0.1) is 11.3 Å². The molecule has 1 saturated heterocycles. The summed E-state index contributed by atoms with van der Waals surface area (Å²) in [5, 5.41) is 11.8. The number of furan rings is 1. The van der Waals surface area contributed by atoms with Crippen LogP contribution < -0.4 is 5.32 Å². The van der Waals surface area contributed by atoms with Gasteiger partial charge in [-0.15, -0.1) is 0 Å². The van der Waals surface area contributed by atoms with Gasteiger partial charge in [-0.2, -0.15) is 22.3 Å². The van der Waals surface area contributed by atoms with Gasteiger partial charge in [-0.3, -0.25) is 0 Å². The van der Waals surface area contributed by atoms with Crippen LogP contribution in [0.15, 0.2) is 22.8 Å². The van der Waals surface area contributed by atoms with E-state index in [4.69, 9.17) is 9.68 Å². The molecule has 0 atom stereocenters. The highest BCUT2D eigenvalue weighted by atomic mass is 32.2. The Balaban J connectivity index is 2.13. The van der Waals surface area contributed by atoms with Crippen molar-refractivity contribution in [2.24, 2.45) is 0 Å². The Bertz CT molecular complexity index is 544. The SMILES string of the molecule is N#CCCN(Cc1ccco1)S(=O)(=O)N1CCNCC1. The lowest BCUT2D eigenvalue weighted by atomic mass is 10.4. The van der Waals surface area contributed by atoms with Crippen LogP contribution in [-0.4, -0.2) is 49.8 Å². The van der Waals surface area contributed by atoms with Crippen LogP contribution in [0.4, 0.5) is 0 Å². The van der Waals surface area contributed by atoms with E-state index in [2.05, 4.69) is 5.32 Å². The van der Waals surface area contributed by atoms with Crippen molar-refractivity contribution < 1.29 is 12.8 Å². The zero-order valence-corrected chi connectivity index (χ0v) is 12.0. The molecule has 1 N–H and O–H groups in total. The van der Waals surface area contributed by atoms with Gasteiger partial charge in [0.25, 0.3) is 10.2 Å². The molecular formula is C12H18N4O3S. The second kappa shape index (κ2) is 6.85. The summed E-state index contributed by atoms with van der Waals surface area (Å²) in [5.74, 6) is 0.571. The zero-order chi connectivity index (χ0) is 14.4. The maximum absolute atomic E-state index is 12.6. The number of hydrogen-bond acceptors (Lipinski definition) is 5. The zero-order valence-electron chi connectivity index (χ0n) is 11.2. The predicted octanol–water partition coefficient (Wildman–Crippen LogP) is 0.145. The molecule has 1 aromatic heterocycles. The van der Waals surface area contributed by atoms with Crippen LogP contribution >= 0.6 is 0 Å². The first kappa shape index (κ1) is 15.0. The van der Waals surface area contributed by atoms with Gasteiger partial charge in [0.05, 0.1) is 18.9 Å². The number of rotatable bonds is 6. The summed E-state index contributed by atoms with van der Waals surface area (Å²) >= 11 is 0. The van der Waals surface area contributed by atoms with Crippen LogP contribution in [0.1, 0.15) is 12.2 Å². The fourth-order valence-corrected chi connectivity index (χ4v) is 3.65. The number of nitriles is 1. The fourth-order valence-electron chi connectivity index (χ4n) is 2.07. The Morgan fingerprint density at radius 3 is 2.80 bits per heavy atom. The van der Waals surface area contributed by atoms with E-state index in [0.29, 0.717) is 31.9 Å². The van der Waals surface area contributed by atoms with Gasteiger partial charge in [0.2, 0.25) is 0 Å². The van der Waals surface area contributed by atoms with Crippen molar-refractivity contribution in [3.8, 4) is 6.07 Å². The highest BCUT2D eigenvalue weighted by Gasteiger charge is 2.30. The first-order valence-electron chi connectivity index (χ1n) is 6.50. The quantitative estimate of drug-likeness (QED) is 0.807. The lowest BCUT2D eigenvalue weighted by molar-refractivity contribution is 0.298. The van der Waals surface area contributed by atoms with Crippen LogP contribution in [0.2, 0.25) is 0 Å². The van der Waals surface area contributed by atoms with E-state index in [9.17, 15) is 8.42 Å². The molecule has 0 amide bonds. The number of nitrogens with zero attached hydrogens (tertiary/aromatic N) is 3. The third-order valence-corrected chi connectivity index (χ3v) is 5.10. The molecule has 0 bridgehead atoms. The van der Waals surface area contributed by atoms with Gasteiger partial charge in [0.15, 0.2) is 0 Å². The second-order valence-electron chi connectivity index (χ2n) is 4.48. The highest BCUT2D eigenvalue weighted by molar-refractivity contribution is 7.86. The molecule has 20 heavy (non-hydrogen) atoms. The van der Waals surface area contributed by atoms with Crippen molar-refractivity contribution in [1.82, 2.24) is 13.9 Å². The van der Waals surface area contributed by atoms with Crippen molar-refractivity contribution >= 4 is 10.2 Å². The van der Waals surface area contributed by atoms with E-state index in [0.717, 1.165) is 0 Å².